The second-order valence-corrected chi connectivity index (χ2v) is 3.97. The summed E-state index contributed by atoms with van der Waals surface area (Å²) in [4.78, 5) is 0. The van der Waals surface area contributed by atoms with Crippen LogP contribution in [0.4, 0.5) is 0 Å². The van der Waals surface area contributed by atoms with Gasteiger partial charge >= 0.3 is 0 Å². The van der Waals surface area contributed by atoms with E-state index in [0.29, 0.717) is 13.2 Å². The Labute approximate surface area is 96.8 Å². The largest absolute Gasteiger partial charge is 0.490 e. The van der Waals surface area contributed by atoms with E-state index in [-0.39, 0.29) is 0 Å². The van der Waals surface area contributed by atoms with Gasteiger partial charge in [-0.15, -0.1) is 0 Å². The van der Waals surface area contributed by atoms with Crippen LogP contribution in [0.15, 0.2) is 12.1 Å². The van der Waals surface area contributed by atoms with Crippen LogP contribution >= 0.6 is 0 Å². The topological polar surface area (TPSA) is 35.1 Å². The van der Waals surface area contributed by atoms with E-state index in [1.165, 1.54) is 17.7 Å². The number of hydrogen-bond acceptors (Lipinski definition) is 2. The monoisotopic (exact) mass is 222 g/mol. The van der Waals surface area contributed by atoms with Crippen molar-refractivity contribution >= 4 is 0 Å². The number of ether oxygens (including phenoxy) is 2. The third-order valence-corrected chi connectivity index (χ3v) is 2.85. The number of benzene rings is 1. The zero-order chi connectivity index (χ0) is 11.4. The van der Waals surface area contributed by atoms with Crippen LogP contribution in [-0.4, -0.2) is 19.8 Å². The van der Waals surface area contributed by atoms with Gasteiger partial charge in [-0.05, 0) is 31.5 Å². The van der Waals surface area contributed by atoms with Gasteiger partial charge in [0.05, 0.1) is 19.8 Å². The zero-order valence-corrected chi connectivity index (χ0v) is 10.1. The molecule has 88 valence electrons. The van der Waals surface area contributed by atoms with Crippen molar-refractivity contribution in [3.8, 4) is 11.5 Å². The van der Waals surface area contributed by atoms with Crippen LogP contribution in [0.5, 0.6) is 11.5 Å². The van der Waals surface area contributed by atoms with Gasteiger partial charge in [-0.1, -0.05) is 0 Å². The van der Waals surface area contributed by atoms with Gasteiger partial charge in [0.1, 0.15) is 6.54 Å². The highest BCUT2D eigenvalue weighted by atomic mass is 16.5. The van der Waals surface area contributed by atoms with E-state index in [1.807, 2.05) is 13.8 Å². The van der Waals surface area contributed by atoms with Crippen molar-refractivity contribution in [3.05, 3.63) is 23.3 Å². The highest BCUT2D eigenvalue weighted by molar-refractivity contribution is 5.47. The van der Waals surface area contributed by atoms with Crippen molar-refractivity contribution in [2.45, 2.75) is 26.8 Å². The van der Waals surface area contributed by atoms with Crippen LogP contribution in [0.2, 0.25) is 0 Å². The van der Waals surface area contributed by atoms with Crippen molar-refractivity contribution in [3.63, 3.8) is 0 Å². The lowest BCUT2D eigenvalue weighted by atomic mass is 10.0. The van der Waals surface area contributed by atoms with Gasteiger partial charge in [-0.2, -0.15) is 0 Å². The average molecular weight is 222 g/mol. The molecular weight excluding hydrogens is 202 g/mol. The Morgan fingerprint density at radius 1 is 1.06 bits per heavy atom. The molecule has 0 saturated carbocycles. The first-order chi connectivity index (χ1) is 7.85. The van der Waals surface area contributed by atoms with Crippen LogP contribution in [-0.2, 0) is 13.0 Å². The molecule has 1 aromatic carbocycles. The lowest BCUT2D eigenvalue weighted by molar-refractivity contribution is -0.673. The predicted molar refractivity (Wildman–Crippen MR) is 63.0 cm³/mol. The quantitative estimate of drug-likeness (QED) is 0.828. The summed E-state index contributed by atoms with van der Waals surface area (Å²) >= 11 is 0. The van der Waals surface area contributed by atoms with Gasteiger partial charge < -0.3 is 14.8 Å². The number of fused-ring (bicyclic) bond motifs is 1. The first kappa shape index (κ1) is 11.3. The SMILES string of the molecule is CCOc1cc2c(cc1OCC)C[NH2+]CC2. The lowest BCUT2D eigenvalue weighted by Gasteiger charge is -2.18. The van der Waals surface area contributed by atoms with Crippen molar-refractivity contribution in [2.24, 2.45) is 0 Å². The highest BCUT2D eigenvalue weighted by Gasteiger charge is 2.16. The maximum atomic E-state index is 5.62. The number of quaternary nitrogens is 1. The molecule has 0 atom stereocenters. The first-order valence-corrected chi connectivity index (χ1v) is 6.08. The molecule has 0 bridgehead atoms. The van der Waals surface area contributed by atoms with Crippen LogP contribution in [0.1, 0.15) is 25.0 Å². The third kappa shape index (κ3) is 2.30. The van der Waals surface area contributed by atoms with E-state index < -0.39 is 0 Å². The number of nitrogens with two attached hydrogens (primary N) is 1. The Hall–Kier alpha value is -1.22. The van der Waals surface area contributed by atoms with Gasteiger partial charge in [0.25, 0.3) is 0 Å². The third-order valence-electron chi connectivity index (χ3n) is 2.85. The Morgan fingerprint density at radius 3 is 2.31 bits per heavy atom. The molecule has 0 fully saturated rings. The molecule has 0 spiro atoms. The summed E-state index contributed by atoms with van der Waals surface area (Å²) in [7, 11) is 0. The van der Waals surface area contributed by atoms with Gasteiger partial charge in [0.2, 0.25) is 0 Å². The highest BCUT2D eigenvalue weighted by Crippen LogP contribution is 2.31. The molecule has 1 heterocycles. The summed E-state index contributed by atoms with van der Waals surface area (Å²) in [6, 6.07) is 4.29. The van der Waals surface area contributed by atoms with Crippen LogP contribution in [0.3, 0.4) is 0 Å². The Morgan fingerprint density at radius 2 is 1.69 bits per heavy atom. The number of rotatable bonds is 4. The fourth-order valence-corrected chi connectivity index (χ4v) is 2.12. The molecule has 0 saturated heterocycles. The Balaban J connectivity index is 2.33. The van der Waals surface area contributed by atoms with E-state index >= 15 is 0 Å². The second kappa shape index (κ2) is 5.21. The normalized spacial score (nSPS) is 14.4. The minimum Gasteiger partial charge on any atom is -0.490 e. The summed E-state index contributed by atoms with van der Waals surface area (Å²) in [5.74, 6) is 1.78. The van der Waals surface area contributed by atoms with E-state index in [9.17, 15) is 0 Å². The van der Waals surface area contributed by atoms with E-state index in [0.717, 1.165) is 24.5 Å². The van der Waals surface area contributed by atoms with Crippen molar-refractivity contribution < 1.29 is 14.8 Å². The summed E-state index contributed by atoms with van der Waals surface area (Å²) in [5, 5.41) is 2.33. The lowest BCUT2D eigenvalue weighted by Crippen LogP contribution is -2.84. The van der Waals surface area contributed by atoms with Crippen molar-refractivity contribution in [1.29, 1.82) is 0 Å². The molecule has 1 aliphatic rings. The van der Waals surface area contributed by atoms with E-state index in [2.05, 4.69) is 17.4 Å². The van der Waals surface area contributed by atoms with Crippen LogP contribution in [0.25, 0.3) is 0 Å². The second-order valence-electron chi connectivity index (χ2n) is 3.97. The molecule has 1 aromatic rings. The molecular formula is C13H20NO2+. The molecule has 2 N–H and O–H groups in total. The first-order valence-electron chi connectivity index (χ1n) is 6.08. The fraction of sp³-hybridized carbons (Fsp3) is 0.538. The average Bonchev–Trinajstić information content (AvgIpc) is 2.30. The number of hydrogen-bond donors (Lipinski definition) is 1. The molecule has 3 nitrogen and oxygen atoms in total. The van der Waals surface area contributed by atoms with E-state index in [4.69, 9.17) is 9.47 Å². The van der Waals surface area contributed by atoms with E-state index in [1.54, 1.807) is 0 Å². The van der Waals surface area contributed by atoms with Crippen LogP contribution < -0.4 is 14.8 Å². The van der Waals surface area contributed by atoms with Gasteiger partial charge in [0, 0.05) is 12.0 Å². The summed E-state index contributed by atoms with van der Waals surface area (Å²) in [6.45, 7) is 7.60. The maximum absolute atomic E-state index is 5.62. The molecule has 0 unspecified atom stereocenters. The van der Waals surface area contributed by atoms with Crippen molar-refractivity contribution in [2.75, 3.05) is 19.8 Å². The molecule has 16 heavy (non-hydrogen) atoms. The van der Waals surface area contributed by atoms with Gasteiger partial charge in [-0.25, -0.2) is 0 Å². The molecule has 0 aromatic heterocycles. The Kier molecular flexibility index (Phi) is 3.67. The molecule has 0 amide bonds. The summed E-state index contributed by atoms with van der Waals surface area (Å²) < 4.78 is 11.2. The predicted octanol–water partition coefficient (Wildman–Crippen LogP) is 1.10. The molecule has 3 heteroatoms. The smallest absolute Gasteiger partial charge is 0.161 e. The zero-order valence-electron chi connectivity index (χ0n) is 10.1. The standard InChI is InChI=1S/C13H19NO2/c1-3-15-12-7-10-5-6-14-9-11(10)8-13(12)16-4-2/h7-8,14H,3-6,9H2,1-2H3/p+1. The minimum absolute atomic E-state index is 0.683. The molecule has 0 aliphatic carbocycles. The molecule has 2 rings (SSSR count). The molecule has 0 radical (unpaired) electrons. The molecule has 1 aliphatic heterocycles. The minimum atomic E-state index is 0.683. The summed E-state index contributed by atoms with van der Waals surface area (Å²) in [5.41, 5.74) is 2.80. The summed E-state index contributed by atoms with van der Waals surface area (Å²) in [6.07, 6.45) is 1.13. The fourth-order valence-electron chi connectivity index (χ4n) is 2.12. The van der Waals surface area contributed by atoms with Gasteiger partial charge in [0.15, 0.2) is 11.5 Å². The van der Waals surface area contributed by atoms with Gasteiger partial charge in [-0.3, -0.25) is 0 Å². The Bertz CT molecular complexity index is 328. The van der Waals surface area contributed by atoms with Crippen molar-refractivity contribution in [1.82, 2.24) is 0 Å². The maximum Gasteiger partial charge on any atom is 0.161 e. The van der Waals surface area contributed by atoms with Crippen LogP contribution in [0, 0.1) is 0 Å².